The van der Waals surface area contributed by atoms with E-state index in [1.54, 1.807) is 31.1 Å². The molecule has 2 amide bonds. The fraction of sp³-hybridized carbons (Fsp3) is 0.323. The Morgan fingerprint density at radius 3 is 2.47 bits per heavy atom. The number of rotatable bonds is 6. The summed E-state index contributed by atoms with van der Waals surface area (Å²) < 4.78 is 16.1. The highest BCUT2D eigenvalue weighted by molar-refractivity contribution is 7.14. The molecule has 2 N–H and O–H groups in total. The van der Waals surface area contributed by atoms with E-state index in [0.29, 0.717) is 28.5 Å². The Balaban J connectivity index is 1.23. The molecule has 0 bridgehead atoms. The summed E-state index contributed by atoms with van der Waals surface area (Å²) in [4.78, 5) is 53.0. The molecule has 1 fully saturated rings. The minimum Gasteiger partial charge on any atom is -0.343 e. The molecule has 1 saturated heterocycles. The van der Waals surface area contributed by atoms with E-state index in [1.807, 2.05) is 30.1 Å². The van der Waals surface area contributed by atoms with Gasteiger partial charge in [-0.05, 0) is 74.2 Å². The van der Waals surface area contributed by atoms with E-state index in [2.05, 4.69) is 20.6 Å². The van der Waals surface area contributed by atoms with Gasteiger partial charge in [0.05, 0.1) is 10.6 Å². The van der Waals surface area contributed by atoms with Gasteiger partial charge >= 0.3 is 0 Å². The number of pyridine rings is 1. The van der Waals surface area contributed by atoms with Crippen LogP contribution in [0.2, 0.25) is 0 Å². The van der Waals surface area contributed by atoms with E-state index >= 15 is 0 Å². The molecule has 43 heavy (non-hydrogen) atoms. The molecule has 10 nitrogen and oxygen atoms in total. The van der Waals surface area contributed by atoms with Crippen LogP contribution in [0.3, 0.4) is 0 Å². The largest absolute Gasteiger partial charge is 0.343 e. The van der Waals surface area contributed by atoms with Crippen molar-refractivity contribution >= 4 is 40.5 Å². The zero-order chi connectivity index (χ0) is 30.2. The maximum atomic E-state index is 14.7. The van der Waals surface area contributed by atoms with Gasteiger partial charge in [0.1, 0.15) is 11.7 Å². The summed E-state index contributed by atoms with van der Waals surface area (Å²) in [5.74, 6) is -1.19. The number of amides is 2. The van der Waals surface area contributed by atoms with Crippen LogP contribution in [0, 0.1) is 5.82 Å². The first-order valence-electron chi connectivity index (χ1n) is 14.2. The standard InChI is InChI=1S/C31H32FN7O3S/c1-37-14-15-38(2)30(41)26(37)18-8-10-20(11-9-18)33-28-31(42)39(3)17-23(35-28)22-13-12-21(32)27(34-22)36-29(40)25-16-19-6-4-5-7-24(19)43-25/h8-13,16-17,26H,4-7,14-15H2,1-3H3,(H,33,35)(H,34,36,40)/t26-/m1/s1. The van der Waals surface area contributed by atoms with Crippen LogP contribution in [0.25, 0.3) is 11.4 Å². The summed E-state index contributed by atoms with van der Waals surface area (Å²) in [6.07, 6.45) is 5.64. The molecular formula is C31H32FN7O3S. The third kappa shape index (κ3) is 5.80. The number of hydrogen-bond acceptors (Lipinski definition) is 8. The van der Waals surface area contributed by atoms with Gasteiger partial charge in [-0.2, -0.15) is 0 Å². The van der Waals surface area contributed by atoms with Crippen LogP contribution < -0.4 is 16.2 Å². The Labute approximate surface area is 252 Å². The minimum absolute atomic E-state index is 0.0366. The van der Waals surface area contributed by atoms with E-state index in [9.17, 15) is 18.8 Å². The number of nitrogens with zero attached hydrogens (tertiary/aromatic N) is 5. The number of benzene rings is 1. The maximum absolute atomic E-state index is 14.7. The average Bonchev–Trinajstić information content (AvgIpc) is 3.44. The van der Waals surface area contributed by atoms with Crippen LogP contribution in [-0.2, 0) is 24.7 Å². The predicted molar refractivity (Wildman–Crippen MR) is 164 cm³/mol. The first-order valence-corrected chi connectivity index (χ1v) is 15.0. The molecule has 6 rings (SSSR count). The third-order valence-electron chi connectivity index (χ3n) is 7.96. The van der Waals surface area contributed by atoms with Gasteiger partial charge < -0.3 is 20.1 Å². The molecule has 1 atom stereocenters. The number of carbonyl (C=O) groups is 2. The molecule has 1 aliphatic heterocycles. The number of fused-ring (bicyclic) bond motifs is 1. The SMILES string of the molecule is CN1CCN(C)[C@H](c2ccc(Nc3nc(-c4ccc(F)c(NC(=O)c5cc6c(s5)CCCC6)n4)cn(C)c3=O)cc2)C1=O. The van der Waals surface area contributed by atoms with Gasteiger partial charge in [-0.1, -0.05) is 12.1 Å². The molecular weight excluding hydrogens is 569 g/mol. The van der Waals surface area contributed by atoms with Crippen LogP contribution >= 0.6 is 11.3 Å². The number of thiophene rings is 1. The van der Waals surface area contributed by atoms with E-state index in [1.165, 1.54) is 44.7 Å². The Morgan fingerprint density at radius 1 is 0.953 bits per heavy atom. The predicted octanol–water partition coefficient (Wildman–Crippen LogP) is 4.36. The van der Waals surface area contributed by atoms with Crippen molar-refractivity contribution in [3.63, 3.8) is 0 Å². The van der Waals surface area contributed by atoms with Crippen LogP contribution in [0.15, 0.2) is 53.5 Å². The molecule has 4 aromatic rings. The fourth-order valence-corrected chi connectivity index (χ4v) is 6.63. The Hall–Kier alpha value is -4.42. The lowest BCUT2D eigenvalue weighted by Crippen LogP contribution is -2.48. The second-order valence-corrected chi connectivity index (χ2v) is 12.2. The van der Waals surface area contributed by atoms with Crippen molar-refractivity contribution in [3.05, 3.63) is 85.7 Å². The van der Waals surface area contributed by atoms with Crippen molar-refractivity contribution in [3.8, 4) is 11.4 Å². The van der Waals surface area contributed by atoms with E-state index < -0.39 is 11.7 Å². The average molecular weight is 602 g/mol. The Kier molecular flexibility index (Phi) is 7.80. The van der Waals surface area contributed by atoms with Crippen molar-refractivity contribution in [1.82, 2.24) is 24.3 Å². The van der Waals surface area contributed by atoms with Crippen molar-refractivity contribution in [1.29, 1.82) is 0 Å². The number of piperazine rings is 1. The summed E-state index contributed by atoms with van der Waals surface area (Å²) >= 11 is 1.44. The molecule has 2 aliphatic rings. The summed E-state index contributed by atoms with van der Waals surface area (Å²) in [7, 11) is 5.32. The first kappa shape index (κ1) is 28.7. The molecule has 0 radical (unpaired) electrons. The number of halogens is 1. The van der Waals surface area contributed by atoms with Gasteiger partial charge in [-0.3, -0.25) is 19.3 Å². The van der Waals surface area contributed by atoms with Crippen LogP contribution in [-0.4, -0.2) is 63.3 Å². The summed E-state index contributed by atoms with van der Waals surface area (Å²) in [5.41, 5.74) is 2.90. The third-order valence-corrected chi connectivity index (χ3v) is 9.20. The summed E-state index contributed by atoms with van der Waals surface area (Å²) in [5, 5.41) is 5.67. The lowest BCUT2D eigenvalue weighted by Gasteiger charge is -2.37. The van der Waals surface area contributed by atoms with E-state index in [-0.39, 0.29) is 29.1 Å². The molecule has 12 heteroatoms. The normalized spacial score (nSPS) is 17.1. The molecule has 0 spiro atoms. The molecule has 3 aromatic heterocycles. The molecule has 4 heterocycles. The van der Waals surface area contributed by atoms with Gasteiger partial charge in [0.15, 0.2) is 17.5 Å². The van der Waals surface area contributed by atoms with Crippen molar-refractivity contribution < 1.29 is 14.0 Å². The van der Waals surface area contributed by atoms with Crippen LogP contribution in [0.4, 0.5) is 21.7 Å². The van der Waals surface area contributed by atoms with Crippen LogP contribution in [0.5, 0.6) is 0 Å². The lowest BCUT2D eigenvalue weighted by atomic mass is 9.99. The molecule has 0 unspecified atom stereocenters. The Morgan fingerprint density at radius 2 is 1.70 bits per heavy atom. The van der Waals surface area contributed by atoms with Crippen molar-refractivity contribution in [2.75, 3.05) is 37.8 Å². The molecule has 222 valence electrons. The summed E-state index contributed by atoms with van der Waals surface area (Å²) in [6, 6.07) is 11.5. The number of carbonyl (C=O) groups excluding carboxylic acids is 2. The van der Waals surface area contributed by atoms with Gasteiger partial charge in [0, 0.05) is 43.9 Å². The van der Waals surface area contributed by atoms with Gasteiger partial charge in [-0.15, -0.1) is 11.3 Å². The van der Waals surface area contributed by atoms with Gasteiger partial charge in [0.2, 0.25) is 5.91 Å². The zero-order valence-electron chi connectivity index (χ0n) is 24.2. The number of aryl methyl sites for hydroxylation is 3. The quantitative estimate of drug-likeness (QED) is 0.338. The Bertz CT molecular complexity index is 1740. The number of nitrogens with one attached hydrogen (secondary N) is 2. The maximum Gasteiger partial charge on any atom is 0.293 e. The number of anilines is 3. The minimum atomic E-state index is -0.671. The van der Waals surface area contributed by atoms with E-state index in [0.717, 1.165) is 37.8 Å². The summed E-state index contributed by atoms with van der Waals surface area (Å²) in [6.45, 7) is 1.46. The van der Waals surface area contributed by atoms with Crippen molar-refractivity contribution in [2.24, 2.45) is 7.05 Å². The highest BCUT2D eigenvalue weighted by Crippen LogP contribution is 2.31. The highest BCUT2D eigenvalue weighted by atomic mass is 32.1. The molecule has 0 saturated carbocycles. The van der Waals surface area contributed by atoms with Crippen LogP contribution in [0.1, 0.15) is 44.6 Å². The molecule has 1 aliphatic carbocycles. The smallest absolute Gasteiger partial charge is 0.293 e. The zero-order valence-corrected chi connectivity index (χ0v) is 25.0. The van der Waals surface area contributed by atoms with Crippen molar-refractivity contribution in [2.45, 2.75) is 31.7 Å². The number of likely N-dealkylation sites (N-methyl/N-ethyl adjacent to an activating group) is 2. The van der Waals surface area contributed by atoms with Gasteiger partial charge in [-0.25, -0.2) is 14.4 Å². The lowest BCUT2D eigenvalue weighted by molar-refractivity contribution is -0.139. The van der Waals surface area contributed by atoms with Gasteiger partial charge in [0.25, 0.3) is 11.5 Å². The second-order valence-electron chi connectivity index (χ2n) is 11.0. The highest BCUT2D eigenvalue weighted by Gasteiger charge is 2.32. The monoisotopic (exact) mass is 601 g/mol. The van der Waals surface area contributed by atoms with E-state index in [4.69, 9.17) is 0 Å². The first-order chi connectivity index (χ1) is 20.7. The topological polar surface area (TPSA) is 112 Å². The number of hydrogen-bond donors (Lipinski definition) is 2. The number of aromatic nitrogens is 3. The molecule has 1 aromatic carbocycles. The fourth-order valence-electron chi connectivity index (χ4n) is 5.48. The second kappa shape index (κ2) is 11.7.